The summed E-state index contributed by atoms with van der Waals surface area (Å²) in [5, 5.41) is 10.0. The molecule has 2 saturated carbocycles. The maximum absolute atomic E-state index is 10.0. The first kappa shape index (κ1) is 15.3. The van der Waals surface area contributed by atoms with E-state index in [1.165, 1.54) is 44.1 Å². The number of fused-ring (bicyclic) bond motifs is 3. The molecule has 21 heavy (non-hydrogen) atoms. The number of aliphatic hydroxyl groups is 1. The molecule has 118 valence electrons. The van der Waals surface area contributed by atoms with Gasteiger partial charge in [-0.2, -0.15) is 0 Å². The lowest BCUT2D eigenvalue weighted by atomic mass is 9.44. The molecule has 6 atom stereocenters. The van der Waals surface area contributed by atoms with Crippen LogP contribution < -0.4 is 0 Å². The highest BCUT2D eigenvalue weighted by atomic mass is 16.3. The van der Waals surface area contributed by atoms with E-state index < -0.39 is 0 Å². The van der Waals surface area contributed by atoms with E-state index in [9.17, 15) is 5.11 Å². The number of rotatable bonds is 2. The fourth-order valence-corrected chi connectivity index (χ4v) is 6.39. The molecule has 0 aromatic heterocycles. The van der Waals surface area contributed by atoms with Crippen molar-refractivity contribution in [2.24, 2.45) is 34.5 Å². The minimum Gasteiger partial charge on any atom is -0.396 e. The molecule has 0 unspecified atom stereocenters. The summed E-state index contributed by atoms with van der Waals surface area (Å²) in [4.78, 5) is 0. The topological polar surface area (TPSA) is 20.2 Å². The Bertz CT molecular complexity index is 451. The van der Waals surface area contributed by atoms with Gasteiger partial charge in [0.2, 0.25) is 0 Å². The van der Waals surface area contributed by atoms with E-state index in [1.807, 2.05) is 0 Å². The molecule has 0 bridgehead atoms. The SMILES string of the molecule is C=CC1=CC[C@@H]2[C@H](CC[C@@H]3[C@@](C)(CO)CCC[C@]23C)[C@H]1C. The molecular formula is C20H32O. The molecule has 0 radical (unpaired) electrons. The van der Waals surface area contributed by atoms with Crippen LogP contribution in [0.4, 0.5) is 0 Å². The summed E-state index contributed by atoms with van der Waals surface area (Å²) in [6.07, 6.45) is 12.3. The Morgan fingerprint density at radius 1 is 1.33 bits per heavy atom. The van der Waals surface area contributed by atoms with Crippen molar-refractivity contribution < 1.29 is 5.11 Å². The molecule has 0 amide bonds. The van der Waals surface area contributed by atoms with Crippen LogP contribution in [-0.2, 0) is 0 Å². The fourth-order valence-electron chi connectivity index (χ4n) is 6.39. The first-order valence-corrected chi connectivity index (χ1v) is 8.89. The molecule has 2 fully saturated rings. The van der Waals surface area contributed by atoms with Crippen LogP contribution in [0, 0.1) is 34.5 Å². The molecule has 0 heterocycles. The average Bonchev–Trinajstić information content (AvgIpc) is 2.48. The molecular weight excluding hydrogens is 256 g/mol. The number of allylic oxidation sites excluding steroid dienone is 3. The number of hydrogen-bond donors (Lipinski definition) is 1. The van der Waals surface area contributed by atoms with Gasteiger partial charge in [0.05, 0.1) is 0 Å². The maximum atomic E-state index is 10.0. The van der Waals surface area contributed by atoms with Gasteiger partial charge in [-0.1, -0.05) is 45.9 Å². The second kappa shape index (κ2) is 5.26. The Morgan fingerprint density at radius 3 is 2.76 bits per heavy atom. The Balaban J connectivity index is 1.95. The van der Waals surface area contributed by atoms with Crippen molar-refractivity contribution in [1.82, 2.24) is 0 Å². The van der Waals surface area contributed by atoms with Gasteiger partial charge in [0.15, 0.2) is 0 Å². The van der Waals surface area contributed by atoms with Crippen LogP contribution in [0.2, 0.25) is 0 Å². The second-order valence-corrected chi connectivity index (χ2v) is 8.50. The van der Waals surface area contributed by atoms with Gasteiger partial charge in [0, 0.05) is 6.61 Å². The molecule has 3 aliphatic carbocycles. The Morgan fingerprint density at radius 2 is 2.10 bits per heavy atom. The van der Waals surface area contributed by atoms with E-state index in [0.29, 0.717) is 23.9 Å². The van der Waals surface area contributed by atoms with E-state index in [-0.39, 0.29) is 5.41 Å². The van der Waals surface area contributed by atoms with Crippen molar-refractivity contribution in [1.29, 1.82) is 0 Å². The lowest BCUT2D eigenvalue weighted by Gasteiger charge is -2.61. The van der Waals surface area contributed by atoms with Crippen LogP contribution in [0.1, 0.15) is 59.3 Å². The fraction of sp³-hybridized carbons (Fsp3) is 0.800. The van der Waals surface area contributed by atoms with Crippen LogP contribution >= 0.6 is 0 Å². The molecule has 0 aromatic carbocycles. The van der Waals surface area contributed by atoms with Gasteiger partial charge in [-0.25, -0.2) is 0 Å². The normalized spacial score (nSPS) is 49.8. The largest absolute Gasteiger partial charge is 0.396 e. The lowest BCUT2D eigenvalue weighted by Crippen LogP contribution is -2.55. The summed E-state index contributed by atoms with van der Waals surface area (Å²) < 4.78 is 0. The van der Waals surface area contributed by atoms with E-state index in [2.05, 4.69) is 39.5 Å². The van der Waals surface area contributed by atoms with Gasteiger partial charge >= 0.3 is 0 Å². The van der Waals surface area contributed by atoms with Crippen molar-refractivity contribution in [3.63, 3.8) is 0 Å². The quantitative estimate of drug-likeness (QED) is 0.760. The van der Waals surface area contributed by atoms with Crippen LogP contribution in [-0.4, -0.2) is 11.7 Å². The van der Waals surface area contributed by atoms with Crippen molar-refractivity contribution in [3.8, 4) is 0 Å². The van der Waals surface area contributed by atoms with Crippen LogP contribution in [0.5, 0.6) is 0 Å². The zero-order valence-electron chi connectivity index (χ0n) is 14.1. The third-order valence-electron chi connectivity index (χ3n) is 7.63. The minimum absolute atomic E-state index is 0.156. The predicted octanol–water partition coefficient (Wildman–Crippen LogP) is 4.97. The molecule has 0 aliphatic heterocycles. The Hall–Kier alpha value is -0.560. The minimum atomic E-state index is 0.156. The molecule has 3 rings (SSSR count). The van der Waals surface area contributed by atoms with E-state index in [1.54, 1.807) is 0 Å². The monoisotopic (exact) mass is 288 g/mol. The van der Waals surface area contributed by atoms with Crippen LogP contribution in [0.3, 0.4) is 0 Å². The highest BCUT2D eigenvalue weighted by Gasteiger charge is 2.56. The van der Waals surface area contributed by atoms with Gasteiger partial charge in [0.25, 0.3) is 0 Å². The summed E-state index contributed by atoms with van der Waals surface area (Å²) in [6, 6.07) is 0. The standard InChI is InChI=1S/C20H32O/c1-5-15-7-9-17-16(14(15)2)8-10-18-19(3,13-21)11-6-12-20(17,18)4/h5,7,14,16-18,21H,1,6,8-13H2,2-4H3/t14-,16+,17+,18+,19+,20+/m0/s1. The lowest BCUT2D eigenvalue weighted by molar-refractivity contribution is -0.126. The number of aliphatic hydroxyl groups excluding tert-OH is 1. The second-order valence-electron chi connectivity index (χ2n) is 8.50. The van der Waals surface area contributed by atoms with Gasteiger partial charge in [0.1, 0.15) is 0 Å². The van der Waals surface area contributed by atoms with Crippen LogP contribution in [0.15, 0.2) is 24.3 Å². The molecule has 0 saturated heterocycles. The molecule has 1 nitrogen and oxygen atoms in total. The van der Waals surface area contributed by atoms with Gasteiger partial charge in [-0.05, 0) is 72.2 Å². The number of hydrogen-bond acceptors (Lipinski definition) is 1. The Labute approximate surface area is 130 Å². The first-order chi connectivity index (χ1) is 9.96. The summed E-state index contributed by atoms with van der Waals surface area (Å²) in [5.74, 6) is 3.00. The third kappa shape index (κ3) is 2.15. The van der Waals surface area contributed by atoms with Gasteiger partial charge in [-0.15, -0.1) is 0 Å². The van der Waals surface area contributed by atoms with E-state index in [4.69, 9.17) is 0 Å². The summed E-state index contributed by atoms with van der Waals surface area (Å²) in [6.45, 7) is 11.7. The summed E-state index contributed by atoms with van der Waals surface area (Å²) >= 11 is 0. The highest BCUT2D eigenvalue weighted by molar-refractivity contribution is 5.25. The molecule has 0 spiro atoms. The third-order valence-corrected chi connectivity index (χ3v) is 7.63. The van der Waals surface area contributed by atoms with Crippen molar-refractivity contribution >= 4 is 0 Å². The highest BCUT2D eigenvalue weighted by Crippen LogP contribution is 2.64. The predicted molar refractivity (Wildman–Crippen MR) is 88.9 cm³/mol. The van der Waals surface area contributed by atoms with Crippen LogP contribution in [0.25, 0.3) is 0 Å². The van der Waals surface area contributed by atoms with Crippen molar-refractivity contribution in [2.75, 3.05) is 6.61 Å². The zero-order valence-corrected chi connectivity index (χ0v) is 14.1. The van der Waals surface area contributed by atoms with Gasteiger partial charge < -0.3 is 5.11 Å². The maximum Gasteiger partial charge on any atom is 0.0487 e. The molecule has 1 N–H and O–H groups in total. The summed E-state index contributed by atoms with van der Waals surface area (Å²) in [7, 11) is 0. The van der Waals surface area contributed by atoms with Gasteiger partial charge in [-0.3, -0.25) is 0 Å². The molecule has 3 aliphatic rings. The molecule has 1 heteroatoms. The average molecular weight is 288 g/mol. The van der Waals surface area contributed by atoms with Crippen molar-refractivity contribution in [2.45, 2.75) is 59.3 Å². The van der Waals surface area contributed by atoms with E-state index >= 15 is 0 Å². The molecule has 0 aromatic rings. The summed E-state index contributed by atoms with van der Waals surface area (Å²) in [5.41, 5.74) is 2.05. The van der Waals surface area contributed by atoms with E-state index in [0.717, 1.165) is 11.8 Å². The Kier molecular flexibility index (Phi) is 3.84. The zero-order chi connectivity index (χ0) is 15.3. The first-order valence-electron chi connectivity index (χ1n) is 8.89. The smallest absolute Gasteiger partial charge is 0.0487 e. The van der Waals surface area contributed by atoms with Crippen molar-refractivity contribution in [3.05, 3.63) is 24.3 Å².